The molecule has 0 aliphatic heterocycles. The van der Waals surface area contributed by atoms with Gasteiger partial charge in [-0.1, -0.05) is 66.2 Å². The molecular weight excluding hydrogens is 200 g/mol. The third-order valence-electron chi connectivity index (χ3n) is 4.19. The average Bonchev–Trinajstić information content (AvgIpc) is 2.15. The van der Waals surface area contributed by atoms with Crippen molar-refractivity contribution in [2.24, 2.45) is 11.3 Å². The SMILES string of the molecule is CCCCCCCC(C)C(C)(C)C(C)(O)O. The van der Waals surface area contributed by atoms with Crippen molar-refractivity contribution in [3.05, 3.63) is 0 Å². The third-order valence-corrected chi connectivity index (χ3v) is 4.19. The minimum absolute atomic E-state index is 0.328. The lowest BCUT2D eigenvalue weighted by Crippen LogP contribution is -2.45. The lowest BCUT2D eigenvalue weighted by atomic mass is 9.71. The molecule has 0 spiro atoms. The van der Waals surface area contributed by atoms with Crippen LogP contribution in [0.3, 0.4) is 0 Å². The van der Waals surface area contributed by atoms with Gasteiger partial charge in [0.1, 0.15) is 0 Å². The number of hydrogen-bond acceptors (Lipinski definition) is 2. The van der Waals surface area contributed by atoms with Crippen LogP contribution in [-0.4, -0.2) is 16.0 Å². The molecule has 0 amide bonds. The summed E-state index contributed by atoms with van der Waals surface area (Å²) >= 11 is 0. The first kappa shape index (κ1) is 15.9. The van der Waals surface area contributed by atoms with Gasteiger partial charge in [-0.2, -0.15) is 0 Å². The molecule has 0 aromatic heterocycles. The van der Waals surface area contributed by atoms with Crippen LogP contribution in [0.2, 0.25) is 0 Å². The van der Waals surface area contributed by atoms with Crippen LogP contribution in [0.4, 0.5) is 0 Å². The number of aliphatic hydroxyl groups is 2. The van der Waals surface area contributed by atoms with Gasteiger partial charge in [0, 0.05) is 5.41 Å². The smallest absolute Gasteiger partial charge is 0.165 e. The van der Waals surface area contributed by atoms with E-state index >= 15 is 0 Å². The van der Waals surface area contributed by atoms with Crippen molar-refractivity contribution in [2.45, 2.75) is 78.9 Å². The molecule has 0 aromatic rings. The topological polar surface area (TPSA) is 40.5 Å². The summed E-state index contributed by atoms with van der Waals surface area (Å²) in [4.78, 5) is 0. The van der Waals surface area contributed by atoms with E-state index in [0.717, 1.165) is 6.42 Å². The molecule has 0 saturated carbocycles. The molecule has 2 N–H and O–H groups in total. The van der Waals surface area contributed by atoms with Crippen molar-refractivity contribution in [1.82, 2.24) is 0 Å². The Morgan fingerprint density at radius 1 is 0.938 bits per heavy atom. The Balaban J connectivity index is 3.92. The quantitative estimate of drug-likeness (QED) is 0.493. The number of hydrogen-bond donors (Lipinski definition) is 2. The third kappa shape index (κ3) is 4.84. The van der Waals surface area contributed by atoms with E-state index in [4.69, 9.17) is 0 Å². The van der Waals surface area contributed by atoms with Gasteiger partial charge < -0.3 is 10.2 Å². The van der Waals surface area contributed by atoms with E-state index in [1.165, 1.54) is 39.0 Å². The molecule has 0 bridgehead atoms. The van der Waals surface area contributed by atoms with Gasteiger partial charge >= 0.3 is 0 Å². The summed E-state index contributed by atoms with van der Waals surface area (Å²) in [5.41, 5.74) is -0.447. The number of unbranched alkanes of at least 4 members (excludes halogenated alkanes) is 4. The van der Waals surface area contributed by atoms with Crippen LogP contribution in [0, 0.1) is 11.3 Å². The van der Waals surface area contributed by atoms with Crippen LogP contribution in [0.25, 0.3) is 0 Å². The summed E-state index contributed by atoms with van der Waals surface area (Å²) in [6.45, 7) is 9.69. The maximum absolute atomic E-state index is 9.71. The van der Waals surface area contributed by atoms with Gasteiger partial charge in [-0.15, -0.1) is 0 Å². The van der Waals surface area contributed by atoms with Gasteiger partial charge in [0.2, 0.25) is 0 Å². The van der Waals surface area contributed by atoms with E-state index in [-0.39, 0.29) is 0 Å². The molecule has 0 rings (SSSR count). The molecule has 0 aliphatic carbocycles. The standard InChI is InChI=1S/C14H30O2/c1-6-7-8-9-10-11-12(2)13(3,4)14(5,15)16/h12,15-16H,6-11H2,1-5H3. The Labute approximate surface area is 101 Å². The summed E-state index contributed by atoms with van der Waals surface area (Å²) in [7, 11) is 0. The van der Waals surface area contributed by atoms with Crippen molar-refractivity contribution in [3.63, 3.8) is 0 Å². The highest BCUT2D eigenvalue weighted by molar-refractivity contribution is 4.85. The van der Waals surface area contributed by atoms with Crippen molar-refractivity contribution < 1.29 is 10.2 Å². The monoisotopic (exact) mass is 230 g/mol. The summed E-state index contributed by atoms with van der Waals surface area (Å²) in [5, 5.41) is 19.4. The maximum Gasteiger partial charge on any atom is 0.165 e. The van der Waals surface area contributed by atoms with E-state index in [1.807, 2.05) is 13.8 Å². The molecule has 2 heteroatoms. The van der Waals surface area contributed by atoms with Crippen LogP contribution in [0.15, 0.2) is 0 Å². The fraction of sp³-hybridized carbons (Fsp3) is 1.00. The first-order valence-corrected chi connectivity index (χ1v) is 6.68. The predicted molar refractivity (Wildman–Crippen MR) is 69.2 cm³/mol. The highest BCUT2D eigenvalue weighted by Crippen LogP contribution is 2.39. The highest BCUT2D eigenvalue weighted by atomic mass is 16.5. The molecular formula is C14H30O2. The molecule has 1 atom stereocenters. The highest BCUT2D eigenvalue weighted by Gasteiger charge is 2.41. The van der Waals surface area contributed by atoms with E-state index in [9.17, 15) is 10.2 Å². The zero-order valence-electron chi connectivity index (χ0n) is 11.7. The minimum Gasteiger partial charge on any atom is -0.365 e. The fourth-order valence-electron chi connectivity index (χ4n) is 1.88. The van der Waals surface area contributed by atoms with Crippen LogP contribution in [-0.2, 0) is 0 Å². The zero-order valence-corrected chi connectivity index (χ0v) is 11.7. The molecule has 0 heterocycles. The maximum atomic E-state index is 9.71. The Morgan fingerprint density at radius 2 is 1.44 bits per heavy atom. The van der Waals surface area contributed by atoms with E-state index in [1.54, 1.807) is 0 Å². The first-order valence-electron chi connectivity index (χ1n) is 6.68. The Morgan fingerprint density at radius 3 is 1.88 bits per heavy atom. The van der Waals surface area contributed by atoms with E-state index in [2.05, 4.69) is 13.8 Å². The van der Waals surface area contributed by atoms with Crippen molar-refractivity contribution in [2.75, 3.05) is 0 Å². The van der Waals surface area contributed by atoms with Gasteiger partial charge in [-0.25, -0.2) is 0 Å². The minimum atomic E-state index is -1.59. The largest absolute Gasteiger partial charge is 0.365 e. The molecule has 0 radical (unpaired) electrons. The van der Waals surface area contributed by atoms with Gasteiger partial charge in [0.25, 0.3) is 0 Å². The summed E-state index contributed by atoms with van der Waals surface area (Å²) in [5.74, 6) is -1.26. The average molecular weight is 230 g/mol. The summed E-state index contributed by atoms with van der Waals surface area (Å²) < 4.78 is 0. The second-order valence-corrected chi connectivity index (χ2v) is 5.85. The normalized spacial score (nSPS) is 15.2. The molecule has 1 unspecified atom stereocenters. The Bertz CT molecular complexity index is 180. The fourth-order valence-corrected chi connectivity index (χ4v) is 1.88. The van der Waals surface area contributed by atoms with E-state index in [0.29, 0.717) is 5.92 Å². The van der Waals surface area contributed by atoms with Crippen molar-refractivity contribution in [1.29, 1.82) is 0 Å². The van der Waals surface area contributed by atoms with Gasteiger partial charge in [-0.3, -0.25) is 0 Å². The summed E-state index contributed by atoms with van der Waals surface area (Å²) in [6.07, 6.45) is 7.43. The first-order chi connectivity index (χ1) is 7.23. The zero-order chi connectivity index (χ0) is 12.8. The Hall–Kier alpha value is -0.0800. The predicted octanol–water partition coefficient (Wildman–Crippen LogP) is 3.71. The van der Waals surface area contributed by atoms with Crippen LogP contribution < -0.4 is 0 Å². The van der Waals surface area contributed by atoms with Crippen LogP contribution >= 0.6 is 0 Å². The van der Waals surface area contributed by atoms with E-state index < -0.39 is 11.2 Å². The van der Waals surface area contributed by atoms with Crippen molar-refractivity contribution in [3.8, 4) is 0 Å². The second kappa shape index (κ2) is 6.61. The Kier molecular flexibility index (Phi) is 6.57. The summed E-state index contributed by atoms with van der Waals surface area (Å²) in [6, 6.07) is 0. The lowest BCUT2D eigenvalue weighted by molar-refractivity contribution is -0.234. The molecule has 0 aliphatic rings. The molecule has 2 nitrogen and oxygen atoms in total. The van der Waals surface area contributed by atoms with Gasteiger partial charge in [-0.05, 0) is 12.8 Å². The van der Waals surface area contributed by atoms with Crippen LogP contribution in [0.5, 0.6) is 0 Å². The molecule has 0 aromatic carbocycles. The van der Waals surface area contributed by atoms with Gasteiger partial charge in [0.15, 0.2) is 5.79 Å². The van der Waals surface area contributed by atoms with Gasteiger partial charge in [0.05, 0.1) is 0 Å². The molecule has 0 saturated heterocycles. The molecule has 16 heavy (non-hydrogen) atoms. The lowest BCUT2D eigenvalue weighted by Gasteiger charge is -2.40. The molecule has 0 fully saturated rings. The van der Waals surface area contributed by atoms with Crippen molar-refractivity contribution >= 4 is 0 Å². The molecule has 98 valence electrons. The van der Waals surface area contributed by atoms with Crippen LogP contribution in [0.1, 0.15) is 73.1 Å². The second-order valence-electron chi connectivity index (χ2n) is 5.85. The number of rotatable bonds is 8.